The van der Waals surface area contributed by atoms with E-state index in [9.17, 15) is 4.79 Å². The van der Waals surface area contributed by atoms with Crippen LogP contribution in [-0.2, 0) is 9.16 Å². The van der Waals surface area contributed by atoms with Gasteiger partial charge in [-0.2, -0.15) is 5.10 Å². The van der Waals surface area contributed by atoms with Crippen molar-refractivity contribution in [1.29, 1.82) is 0 Å². The summed E-state index contributed by atoms with van der Waals surface area (Å²) in [7, 11) is -0.0253. The summed E-state index contributed by atoms with van der Waals surface area (Å²) in [6.07, 6.45) is 1.13. The smallest absolute Gasteiger partial charge is 0.411 e. The Labute approximate surface area is 227 Å². The minimum Gasteiger partial charge on any atom is -0.491 e. The van der Waals surface area contributed by atoms with Crippen LogP contribution < -0.4 is 15.4 Å². The Kier molecular flexibility index (Phi) is 9.56. The Morgan fingerprint density at radius 3 is 2.55 bits per heavy atom. The third-order valence-electron chi connectivity index (χ3n) is 6.83. The van der Waals surface area contributed by atoms with E-state index >= 15 is 0 Å². The third kappa shape index (κ3) is 7.12. The molecule has 208 valence electrons. The van der Waals surface area contributed by atoms with Crippen LogP contribution in [-0.4, -0.2) is 62.1 Å². The molecule has 1 unspecified atom stereocenters. The molecule has 3 aromatic rings. The first-order valence-electron chi connectivity index (χ1n) is 13.2. The number of amides is 1. The largest absolute Gasteiger partial charge is 0.491 e. The van der Waals surface area contributed by atoms with E-state index in [4.69, 9.17) is 18.9 Å². The van der Waals surface area contributed by atoms with E-state index in [1.165, 1.54) is 0 Å². The van der Waals surface area contributed by atoms with E-state index in [1.54, 1.807) is 13.1 Å². The first-order valence-corrected chi connectivity index (χ1v) is 16.1. The minimum atomic E-state index is -1.95. The maximum atomic E-state index is 12.2. The molecule has 0 saturated carbocycles. The van der Waals surface area contributed by atoms with Gasteiger partial charge in [0.05, 0.1) is 35.7 Å². The van der Waals surface area contributed by atoms with Gasteiger partial charge in [-0.3, -0.25) is 5.32 Å². The number of fused-ring (bicyclic) bond motifs is 1. The van der Waals surface area contributed by atoms with Gasteiger partial charge in [0.2, 0.25) is 0 Å². The first kappa shape index (κ1) is 29.6. The molecule has 2 N–H and O–H groups in total. The third-order valence-corrected chi connectivity index (χ3v) is 11.4. The molecule has 0 radical (unpaired) electrons. The lowest BCUT2D eigenvalue weighted by Crippen LogP contribution is -2.47. The van der Waals surface area contributed by atoms with Crippen molar-refractivity contribution < 1.29 is 18.7 Å². The van der Waals surface area contributed by atoms with Crippen molar-refractivity contribution in [3.8, 4) is 17.0 Å². The number of nitrogens with zero attached hydrogens (tertiary/aromatic N) is 3. The van der Waals surface area contributed by atoms with Gasteiger partial charge in [0, 0.05) is 18.2 Å². The van der Waals surface area contributed by atoms with E-state index in [0.717, 1.165) is 16.7 Å². The van der Waals surface area contributed by atoms with Gasteiger partial charge < -0.3 is 19.2 Å². The number of hydrogen-bond acceptors (Lipinski definition) is 7. The molecule has 1 atom stereocenters. The van der Waals surface area contributed by atoms with Gasteiger partial charge in [-0.05, 0) is 64.2 Å². The number of aromatic nitrogens is 3. The zero-order valence-electron chi connectivity index (χ0n) is 24.2. The Hall–Kier alpha value is -2.95. The topological polar surface area (TPSA) is 99.5 Å². The van der Waals surface area contributed by atoms with Crippen molar-refractivity contribution in [3.63, 3.8) is 0 Å². The van der Waals surface area contributed by atoms with Gasteiger partial charge in [-0.25, -0.2) is 14.5 Å². The highest BCUT2D eigenvalue weighted by Crippen LogP contribution is 2.37. The molecule has 38 heavy (non-hydrogen) atoms. The van der Waals surface area contributed by atoms with Crippen LogP contribution in [0.2, 0.25) is 18.1 Å². The number of ether oxygens (including phenoxy) is 2. The number of nitrogens with one attached hydrogen (secondary N) is 2. The molecule has 1 aromatic carbocycles. The number of carbonyl (C=O) groups is 1. The summed E-state index contributed by atoms with van der Waals surface area (Å²) in [4.78, 5) is 17.2. The molecule has 3 rings (SSSR count). The zero-order chi connectivity index (χ0) is 28.1. The van der Waals surface area contributed by atoms with Crippen LogP contribution >= 0.6 is 0 Å². The maximum absolute atomic E-state index is 12.2. The predicted octanol–water partition coefficient (Wildman–Crippen LogP) is 6.24. The van der Waals surface area contributed by atoms with E-state index < -0.39 is 14.4 Å². The Bertz CT molecular complexity index is 1240. The van der Waals surface area contributed by atoms with E-state index in [1.807, 2.05) is 55.9 Å². The number of anilines is 1. The lowest BCUT2D eigenvalue weighted by molar-refractivity contribution is 0.115. The summed E-state index contributed by atoms with van der Waals surface area (Å²) >= 11 is 0. The van der Waals surface area contributed by atoms with E-state index in [-0.39, 0.29) is 23.8 Å². The molecule has 0 bridgehead atoms. The minimum absolute atomic E-state index is 0.0696. The van der Waals surface area contributed by atoms with Gasteiger partial charge in [-0.15, -0.1) is 0 Å². The Morgan fingerprint density at radius 2 is 1.92 bits per heavy atom. The molecular formula is C28H43N5O4Si. The van der Waals surface area contributed by atoms with Crippen molar-refractivity contribution in [3.05, 3.63) is 36.5 Å². The molecule has 0 aliphatic heterocycles. The molecule has 10 heteroatoms. The average molecular weight is 542 g/mol. The van der Waals surface area contributed by atoms with E-state index in [0.29, 0.717) is 30.2 Å². The van der Waals surface area contributed by atoms with Crippen LogP contribution in [0.3, 0.4) is 0 Å². The lowest BCUT2D eigenvalue weighted by Gasteiger charge is -2.39. The zero-order valence-corrected chi connectivity index (χ0v) is 25.2. The fourth-order valence-corrected chi connectivity index (χ4v) is 5.15. The normalized spacial score (nSPS) is 13.1. The lowest BCUT2D eigenvalue weighted by atomic mass is 10.1. The Balaban J connectivity index is 1.90. The maximum Gasteiger partial charge on any atom is 0.411 e. The Morgan fingerprint density at radius 1 is 1.18 bits per heavy atom. The second-order valence-electron chi connectivity index (χ2n) is 11.2. The number of likely N-dealkylation sites (N-methyl/N-ethyl adjacent to an activating group) is 1. The number of hydrogen-bond donors (Lipinski definition) is 2. The summed E-state index contributed by atoms with van der Waals surface area (Å²) in [6.45, 7) is 18.5. The van der Waals surface area contributed by atoms with Crippen molar-refractivity contribution in [1.82, 2.24) is 20.1 Å². The molecule has 0 spiro atoms. The quantitative estimate of drug-likeness (QED) is 0.277. The molecule has 0 saturated heterocycles. The van der Waals surface area contributed by atoms with Crippen LogP contribution in [0.5, 0.6) is 5.75 Å². The SMILES string of the molecule is CCOC(=O)Nc1cc(-c2cccc(OCC(CNC)O[Si](C)(C)C(C)(C)C)c2)nc2c1cnn2C(C)C. The number of rotatable bonds is 11. The van der Waals surface area contributed by atoms with E-state index in [2.05, 4.69) is 49.6 Å². The second kappa shape index (κ2) is 12.3. The summed E-state index contributed by atoms with van der Waals surface area (Å²) < 4.78 is 19.8. The predicted molar refractivity (Wildman–Crippen MR) is 155 cm³/mol. The summed E-state index contributed by atoms with van der Waals surface area (Å²) in [5.74, 6) is 0.724. The monoisotopic (exact) mass is 541 g/mol. The van der Waals surface area contributed by atoms with Crippen LogP contribution in [0.4, 0.5) is 10.5 Å². The molecule has 9 nitrogen and oxygen atoms in total. The van der Waals surface area contributed by atoms with Gasteiger partial charge in [-0.1, -0.05) is 32.9 Å². The summed E-state index contributed by atoms with van der Waals surface area (Å²) in [6, 6.07) is 9.75. The van der Waals surface area contributed by atoms with Crippen molar-refractivity contribution >= 4 is 31.1 Å². The van der Waals surface area contributed by atoms with Crippen molar-refractivity contribution in [2.24, 2.45) is 0 Å². The van der Waals surface area contributed by atoms with Crippen molar-refractivity contribution in [2.75, 3.05) is 32.1 Å². The number of carbonyl (C=O) groups excluding carboxylic acids is 1. The number of pyridine rings is 1. The highest BCUT2D eigenvalue weighted by Gasteiger charge is 2.39. The molecule has 2 heterocycles. The fraction of sp³-hybridized carbons (Fsp3) is 0.536. The van der Waals surface area contributed by atoms with Gasteiger partial charge in [0.1, 0.15) is 12.4 Å². The highest BCUT2D eigenvalue weighted by atomic mass is 28.4. The van der Waals surface area contributed by atoms with Crippen LogP contribution in [0.25, 0.3) is 22.3 Å². The fourth-order valence-electron chi connectivity index (χ4n) is 3.81. The highest BCUT2D eigenvalue weighted by molar-refractivity contribution is 6.74. The van der Waals surface area contributed by atoms with Gasteiger partial charge in [0.15, 0.2) is 14.0 Å². The average Bonchev–Trinajstić information content (AvgIpc) is 3.27. The molecule has 1 amide bonds. The molecule has 0 aliphatic rings. The second-order valence-corrected chi connectivity index (χ2v) is 16.0. The standard InChI is InChI=1S/C28H43N5O4Si/c1-10-35-27(34)32-25-15-24(31-26-23(25)17-30-33(26)19(2)3)20-12-11-13-21(14-20)36-18-22(16-29-7)37-38(8,9)28(4,5)6/h11-15,17,19,22,29H,10,16,18H2,1-9H3,(H,31,32,34). The summed E-state index contributed by atoms with van der Waals surface area (Å²) in [5.41, 5.74) is 2.84. The first-order chi connectivity index (χ1) is 17.9. The molecule has 0 aliphatic carbocycles. The van der Waals surface area contributed by atoms with Crippen molar-refractivity contribution in [2.45, 2.75) is 71.8 Å². The molecular weight excluding hydrogens is 498 g/mol. The molecule has 0 fully saturated rings. The van der Waals surface area contributed by atoms with Crippen LogP contribution in [0.1, 0.15) is 47.6 Å². The summed E-state index contributed by atoms with van der Waals surface area (Å²) in [5, 5.41) is 11.4. The number of benzene rings is 1. The molecule has 2 aromatic heterocycles. The van der Waals surface area contributed by atoms with Gasteiger partial charge in [0.25, 0.3) is 0 Å². The van der Waals surface area contributed by atoms with Crippen LogP contribution in [0, 0.1) is 0 Å². The van der Waals surface area contributed by atoms with Gasteiger partial charge >= 0.3 is 6.09 Å². The van der Waals surface area contributed by atoms with Crippen LogP contribution in [0.15, 0.2) is 36.5 Å².